The maximum atomic E-state index is 12.9. The van der Waals surface area contributed by atoms with E-state index in [9.17, 15) is 9.59 Å². The Morgan fingerprint density at radius 1 is 1.45 bits per heavy atom. The summed E-state index contributed by atoms with van der Waals surface area (Å²) < 4.78 is 5.12. The average Bonchev–Trinajstić information content (AvgIpc) is 2.97. The molecule has 0 aromatic rings. The van der Waals surface area contributed by atoms with Crippen LogP contribution >= 0.6 is 11.8 Å². The highest BCUT2D eigenvalue weighted by atomic mass is 32.2. The fourth-order valence-corrected chi connectivity index (χ4v) is 4.03. The van der Waals surface area contributed by atoms with Crippen molar-refractivity contribution >= 4 is 23.6 Å². The van der Waals surface area contributed by atoms with Gasteiger partial charge in [0.2, 0.25) is 5.91 Å². The van der Waals surface area contributed by atoms with Crippen molar-refractivity contribution in [3.05, 3.63) is 0 Å². The van der Waals surface area contributed by atoms with Gasteiger partial charge in [0.15, 0.2) is 0 Å². The zero-order valence-electron chi connectivity index (χ0n) is 12.3. The molecule has 2 fully saturated rings. The summed E-state index contributed by atoms with van der Waals surface area (Å²) in [5, 5.41) is 3.36. The second kappa shape index (κ2) is 6.80. The van der Waals surface area contributed by atoms with E-state index in [2.05, 4.69) is 5.32 Å². The van der Waals surface area contributed by atoms with E-state index >= 15 is 0 Å². The Bertz CT molecular complexity index is 369. The Hall–Kier alpha value is -0.750. The molecule has 2 heterocycles. The van der Waals surface area contributed by atoms with Crippen LogP contribution in [0.25, 0.3) is 0 Å². The number of hydrogen-bond acceptors (Lipinski definition) is 5. The second-order valence-corrected chi connectivity index (χ2v) is 6.46. The molecule has 0 aromatic carbocycles. The molecular weight excluding hydrogens is 276 g/mol. The normalized spacial score (nSPS) is 30.3. The maximum Gasteiger partial charge on any atom is 0.329 e. The van der Waals surface area contributed by atoms with Gasteiger partial charge >= 0.3 is 5.97 Å². The first-order valence-electron chi connectivity index (χ1n) is 7.45. The first-order chi connectivity index (χ1) is 9.64. The molecule has 0 saturated carbocycles. The first-order valence-corrected chi connectivity index (χ1v) is 8.60. The zero-order valence-corrected chi connectivity index (χ0v) is 13.1. The molecule has 2 atom stereocenters. The molecule has 6 heteroatoms. The first kappa shape index (κ1) is 15.6. The van der Waals surface area contributed by atoms with Gasteiger partial charge in [-0.25, -0.2) is 4.79 Å². The molecule has 0 spiro atoms. The van der Waals surface area contributed by atoms with Crippen LogP contribution in [-0.2, 0) is 14.3 Å². The van der Waals surface area contributed by atoms with Crippen LogP contribution in [0.1, 0.15) is 33.1 Å². The Kier molecular flexibility index (Phi) is 5.32. The fraction of sp³-hybridized carbons (Fsp3) is 0.857. The average molecular weight is 300 g/mol. The van der Waals surface area contributed by atoms with Crippen LogP contribution in [0, 0.1) is 0 Å². The Balaban J connectivity index is 2.14. The third-order valence-electron chi connectivity index (χ3n) is 4.20. The van der Waals surface area contributed by atoms with Gasteiger partial charge < -0.3 is 15.0 Å². The number of amides is 1. The minimum Gasteiger partial charge on any atom is -0.464 e. The van der Waals surface area contributed by atoms with Crippen molar-refractivity contribution in [3.8, 4) is 0 Å². The van der Waals surface area contributed by atoms with Crippen LogP contribution in [0.2, 0.25) is 0 Å². The van der Waals surface area contributed by atoms with Crippen molar-refractivity contribution in [1.82, 2.24) is 10.2 Å². The van der Waals surface area contributed by atoms with Crippen LogP contribution in [0.3, 0.4) is 0 Å². The minimum absolute atomic E-state index is 0.0795. The van der Waals surface area contributed by atoms with Gasteiger partial charge in [0, 0.05) is 18.1 Å². The van der Waals surface area contributed by atoms with E-state index < -0.39 is 11.6 Å². The quantitative estimate of drug-likeness (QED) is 0.786. The monoisotopic (exact) mass is 300 g/mol. The molecule has 2 rings (SSSR count). The molecule has 0 radical (unpaired) electrons. The topological polar surface area (TPSA) is 58.6 Å². The van der Waals surface area contributed by atoms with E-state index in [1.54, 1.807) is 23.6 Å². The highest BCUT2D eigenvalue weighted by Crippen LogP contribution is 2.29. The van der Waals surface area contributed by atoms with Gasteiger partial charge in [-0.2, -0.15) is 11.8 Å². The fourth-order valence-electron chi connectivity index (χ4n) is 3.00. The molecule has 2 unspecified atom stereocenters. The van der Waals surface area contributed by atoms with Gasteiger partial charge in [0.05, 0.1) is 12.1 Å². The molecule has 114 valence electrons. The van der Waals surface area contributed by atoms with E-state index in [-0.39, 0.29) is 11.9 Å². The molecule has 5 nitrogen and oxygen atoms in total. The van der Waals surface area contributed by atoms with Crippen LogP contribution in [0.15, 0.2) is 0 Å². The number of nitrogens with one attached hydrogen (secondary N) is 1. The molecule has 0 bridgehead atoms. The Morgan fingerprint density at radius 3 is 2.85 bits per heavy atom. The maximum absolute atomic E-state index is 12.9. The zero-order chi connectivity index (χ0) is 14.6. The van der Waals surface area contributed by atoms with E-state index in [4.69, 9.17) is 4.74 Å². The standard InChI is InChI=1S/C14H24N2O3S/c1-3-14(6-5-7-15-14)13(18)16-8-9-20-10-11(16)12(17)19-4-2/h11,15H,3-10H2,1-2H3. The molecule has 0 aliphatic carbocycles. The van der Waals surface area contributed by atoms with Gasteiger partial charge in [-0.15, -0.1) is 0 Å². The van der Waals surface area contributed by atoms with Crippen LogP contribution in [0.5, 0.6) is 0 Å². The van der Waals surface area contributed by atoms with Gasteiger partial charge in [-0.1, -0.05) is 6.92 Å². The molecule has 2 aliphatic rings. The lowest BCUT2D eigenvalue weighted by Gasteiger charge is -2.39. The number of esters is 1. The highest BCUT2D eigenvalue weighted by molar-refractivity contribution is 7.99. The predicted molar refractivity (Wildman–Crippen MR) is 79.7 cm³/mol. The van der Waals surface area contributed by atoms with Crippen molar-refractivity contribution in [2.24, 2.45) is 0 Å². The molecule has 0 aromatic heterocycles. The number of hydrogen-bond donors (Lipinski definition) is 1. The number of thioether (sulfide) groups is 1. The largest absolute Gasteiger partial charge is 0.464 e. The Morgan fingerprint density at radius 2 is 2.25 bits per heavy atom. The number of carbonyl (C=O) groups excluding carboxylic acids is 2. The van der Waals surface area contributed by atoms with E-state index in [1.807, 2.05) is 6.92 Å². The van der Waals surface area contributed by atoms with Crippen molar-refractivity contribution < 1.29 is 14.3 Å². The molecule has 1 N–H and O–H groups in total. The van der Waals surface area contributed by atoms with Gasteiger partial charge in [0.1, 0.15) is 6.04 Å². The summed E-state index contributed by atoms with van der Waals surface area (Å²) in [5.74, 6) is 1.35. The van der Waals surface area contributed by atoms with Crippen molar-refractivity contribution in [3.63, 3.8) is 0 Å². The molecule has 2 saturated heterocycles. The lowest BCUT2D eigenvalue weighted by atomic mass is 9.91. The van der Waals surface area contributed by atoms with Crippen LogP contribution in [-0.4, -0.2) is 59.6 Å². The van der Waals surface area contributed by atoms with E-state index in [1.165, 1.54) is 0 Å². The predicted octanol–water partition coefficient (Wildman–Crippen LogP) is 1.03. The third-order valence-corrected chi connectivity index (χ3v) is 5.23. The summed E-state index contributed by atoms with van der Waals surface area (Å²) in [6.45, 7) is 5.71. The summed E-state index contributed by atoms with van der Waals surface area (Å²) in [6, 6.07) is -0.424. The number of rotatable bonds is 4. The van der Waals surface area contributed by atoms with Gasteiger partial charge in [-0.05, 0) is 32.7 Å². The highest BCUT2D eigenvalue weighted by Gasteiger charge is 2.45. The molecule has 1 amide bonds. The smallest absolute Gasteiger partial charge is 0.329 e. The summed E-state index contributed by atoms with van der Waals surface area (Å²) in [7, 11) is 0. The minimum atomic E-state index is -0.466. The van der Waals surface area contributed by atoms with E-state index in [0.29, 0.717) is 18.9 Å². The van der Waals surface area contributed by atoms with Gasteiger partial charge in [-0.3, -0.25) is 4.79 Å². The lowest BCUT2D eigenvalue weighted by Crippen LogP contribution is -2.61. The Labute approximate surface area is 124 Å². The van der Waals surface area contributed by atoms with Crippen molar-refractivity contribution in [2.75, 3.05) is 31.2 Å². The summed E-state index contributed by atoms with van der Waals surface area (Å²) >= 11 is 1.71. The summed E-state index contributed by atoms with van der Waals surface area (Å²) in [4.78, 5) is 26.7. The van der Waals surface area contributed by atoms with Crippen molar-refractivity contribution in [2.45, 2.75) is 44.7 Å². The number of ether oxygens (including phenoxy) is 1. The second-order valence-electron chi connectivity index (χ2n) is 5.31. The molecular formula is C14H24N2O3S. The van der Waals surface area contributed by atoms with Crippen LogP contribution in [0.4, 0.5) is 0 Å². The summed E-state index contributed by atoms with van der Waals surface area (Å²) in [5.41, 5.74) is -0.466. The molecule has 20 heavy (non-hydrogen) atoms. The van der Waals surface area contributed by atoms with Crippen LogP contribution < -0.4 is 5.32 Å². The number of carbonyl (C=O) groups is 2. The summed E-state index contributed by atoms with van der Waals surface area (Å²) in [6.07, 6.45) is 2.65. The third kappa shape index (κ3) is 2.96. The van der Waals surface area contributed by atoms with E-state index in [0.717, 1.165) is 31.6 Å². The van der Waals surface area contributed by atoms with Crippen molar-refractivity contribution in [1.29, 1.82) is 0 Å². The van der Waals surface area contributed by atoms with Gasteiger partial charge in [0.25, 0.3) is 0 Å². The SMILES string of the molecule is CCOC(=O)C1CSCCN1C(=O)C1(CC)CCCN1. The lowest BCUT2D eigenvalue weighted by molar-refractivity contribution is -0.156. The molecule has 2 aliphatic heterocycles. The number of nitrogens with zero attached hydrogens (tertiary/aromatic N) is 1.